The summed E-state index contributed by atoms with van der Waals surface area (Å²) in [5, 5.41) is 3.49. The summed E-state index contributed by atoms with van der Waals surface area (Å²) < 4.78 is 0. The molecule has 2 fully saturated rings. The summed E-state index contributed by atoms with van der Waals surface area (Å²) in [6, 6.07) is 11.2. The van der Waals surface area contributed by atoms with Crippen molar-refractivity contribution in [3.8, 4) is 0 Å². The fourth-order valence-electron chi connectivity index (χ4n) is 3.63. The van der Waals surface area contributed by atoms with Gasteiger partial charge in [0.1, 0.15) is 0 Å². The highest BCUT2D eigenvalue weighted by Crippen LogP contribution is 2.51. The van der Waals surface area contributed by atoms with Crippen molar-refractivity contribution in [3.63, 3.8) is 0 Å². The molecule has 0 amide bonds. The molecule has 1 saturated heterocycles. The van der Waals surface area contributed by atoms with Crippen LogP contribution in [0.4, 0.5) is 0 Å². The Kier molecular flexibility index (Phi) is 2.72. The molecule has 0 aromatic heterocycles. The molecule has 1 N–H and O–H groups in total. The molecule has 0 radical (unpaired) electrons. The first-order valence-electron chi connectivity index (χ1n) is 6.68. The lowest BCUT2D eigenvalue weighted by molar-refractivity contribution is 0.116. The van der Waals surface area contributed by atoms with Gasteiger partial charge in [0.05, 0.1) is 0 Å². The van der Waals surface area contributed by atoms with Crippen molar-refractivity contribution in [1.29, 1.82) is 0 Å². The van der Waals surface area contributed by atoms with Crippen LogP contribution in [0.5, 0.6) is 0 Å². The van der Waals surface area contributed by atoms with Crippen LogP contribution in [0.15, 0.2) is 30.3 Å². The minimum Gasteiger partial charge on any atom is -0.317 e. The zero-order chi connectivity index (χ0) is 10.8. The Hall–Kier alpha value is -0.820. The summed E-state index contributed by atoms with van der Waals surface area (Å²) in [5.74, 6) is 0.921. The van der Waals surface area contributed by atoms with Crippen molar-refractivity contribution in [2.45, 2.75) is 37.5 Å². The SMILES string of the molecule is c1ccc(C2(C3CCNCC3)CCC2)cc1. The quantitative estimate of drug-likeness (QED) is 0.799. The van der Waals surface area contributed by atoms with E-state index in [2.05, 4.69) is 35.6 Å². The highest BCUT2D eigenvalue weighted by atomic mass is 14.9. The van der Waals surface area contributed by atoms with E-state index in [4.69, 9.17) is 0 Å². The van der Waals surface area contributed by atoms with Gasteiger partial charge in [0.25, 0.3) is 0 Å². The first-order valence-corrected chi connectivity index (χ1v) is 6.68. The van der Waals surface area contributed by atoms with Gasteiger partial charge in [0, 0.05) is 0 Å². The van der Waals surface area contributed by atoms with E-state index in [1.807, 2.05) is 0 Å². The zero-order valence-corrected chi connectivity index (χ0v) is 9.91. The number of rotatable bonds is 2. The van der Waals surface area contributed by atoms with Crippen LogP contribution in [0.2, 0.25) is 0 Å². The third-order valence-corrected chi connectivity index (χ3v) is 4.72. The Labute approximate surface area is 98.3 Å². The van der Waals surface area contributed by atoms with Crippen LogP contribution in [-0.2, 0) is 5.41 Å². The van der Waals surface area contributed by atoms with E-state index >= 15 is 0 Å². The average molecular weight is 215 g/mol. The zero-order valence-electron chi connectivity index (χ0n) is 9.91. The third-order valence-electron chi connectivity index (χ3n) is 4.72. The van der Waals surface area contributed by atoms with Crippen LogP contribution < -0.4 is 5.32 Å². The van der Waals surface area contributed by atoms with Crippen molar-refractivity contribution in [3.05, 3.63) is 35.9 Å². The molecular weight excluding hydrogens is 194 g/mol. The molecule has 1 heteroatoms. The topological polar surface area (TPSA) is 12.0 Å². The third kappa shape index (κ3) is 1.58. The lowest BCUT2D eigenvalue weighted by atomic mass is 9.55. The molecule has 86 valence electrons. The van der Waals surface area contributed by atoms with Gasteiger partial charge in [-0.2, -0.15) is 0 Å². The molecule has 0 unspecified atom stereocenters. The van der Waals surface area contributed by atoms with Crippen molar-refractivity contribution in [2.24, 2.45) is 5.92 Å². The van der Waals surface area contributed by atoms with Gasteiger partial charge in [0.2, 0.25) is 0 Å². The summed E-state index contributed by atoms with van der Waals surface area (Å²) in [6.45, 7) is 2.44. The van der Waals surface area contributed by atoms with Gasteiger partial charge >= 0.3 is 0 Å². The molecule has 1 aromatic carbocycles. The fourth-order valence-corrected chi connectivity index (χ4v) is 3.63. The minimum atomic E-state index is 0.545. The van der Waals surface area contributed by atoms with Gasteiger partial charge in [-0.25, -0.2) is 0 Å². The predicted molar refractivity (Wildman–Crippen MR) is 67.6 cm³/mol. The van der Waals surface area contributed by atoms with E-state index in [0.29, 0.717) is 5.41 Å². The van der Waals surface area contributed by atoms with Gasteiger partial charge in [-0.3, -0.25) is 0 Å². The highest BCUT2D eigenvalue weighted by molar-refractivity contribution is 5.29. The standard InChI is InChI=1S/C15H21N/c1-2-5-13(6-3-1)15(9-4-10-15)14-7-11-16-12-8-14/h1-3,5-6,14,16H,4,7-12H2. The van der Waals surface area contributed by atoms with Gasteiger partial charge in [-0.05, 0) is 55.7 Å². The van der Waals surface area contributed by atoms with E-state index in [1.165, 1.54) is 45.2 Å². The summed E-state index contributed by atoms with van der Waals surface area (Å²) in [5.41, 5.74) is 2.15. The van der Waals surface area contributed by atoms with Crippen molar-refractivity contribution in [2.75, 3.05) is 13.1 Å². The van der Waals surface area contributed by atoms with Gasteiger partial charge in [-0.1, -0.05) is 36.8 Å². The van der Waals surface area contributed by atoms with E-state index < -0.39 is 0 Å². The van der Waals surface area contributed by atoms with Crippen LogP contribution in [0.25, 0.3) is 0 Å². The largest absolute Gasteiger partial charge is 0.317 e. The Morgan fingerprint density at radius 3 is 2.25 bits per heavy atom. The lowest BCUT2D eigenvalue weighted by Gasteiger charge is -2.50. The van der Waals surface area contributed by atoms with E-state index in [1.54, 1.807) is 5.56 Å². The van der Waals surface area contributed by atoms with Crippen LogP contribution >= 0.6 is 0 Å². The molecular formula is C15H21N. The highest BCUT2D eigenvalue weighted by Gasteiger charge is 2.44. The summed E-state index contributed by atoms with van der Waals surface area (Å²) in [6.07, 6.45) is 7.01. The van der Waals surface area contributed by atoms with Gasteiger partial charge in [0.15, 0.2) is 0 Å². The molecule has 0 atom stereocenters. The van der Waals surface area contributed by atoms with E-state index in [9.17, 15) is 0 Å². The molecule has 0 bridgehead atoms. The number of hydrogen-bond donors (Lipinski definition) is 1. The van der Waals surface area contributed by atoms with Crippen LogP contribution in [-0.4, -0.2) is 13.1 Å². The average Bonchev–Trinajstić information content (AvgIpc) is 2.31. The Morgan fingerprint density at radius 1 is 1.00 bits per heavy atom. The minimum absolute atomic E-state index is 0.545. The summed E-state index contributed by atoms with van der Waals surface area (Å²) in [7, 11) is 0. The lowest BCUT2D eigenvalue weighted by Crippen LogP contribution is -2.46. The Morgan fingerprint density at radius 2 is 1.69 bits per heavy atom. The van der Waals surface area contributed by atoms with E-state index in [0.717, 1.165) is 5.92 Å². The predicted octanol–water partition coefficient (Wildman–Crippen LogP) is 3.11. The molecule has 0 spiro atoms. The second-order valence-electron chi connectivity index (χ2n) is 5.40. The molecule has 16 heavy (non-hydrogen) atoms. The Bertz CT molecular complexity index is 334. The number of piperidine rings is 1. The molecule has 1 nitrogen and oxygen atoms in total. The second-order valence-corrected chi connectivity index (χ2v) is 5.40. The van der Waals surface area contributed by atoms with Crippen molar-refractivity contribution < 1.29 is 0 Å². The van der Waals surface area contributed by atoms with Gasteiger partial charge < -0.3 is 5.32 Å². The maximum absolute atomic E-state index is 3.49. The first kappa shape index (κ1) is 10.3. The normalized spacial score (nSPS) is 25.0. The fraction of sp³-hybridized carbons (Fsp3) is 0.600. The van der Waals surface area contributed by atoms with Gasteiger partial charge in [-0.15, -0.1) is 0 Å². The molecule has 1 heterocycles. The maximum Gasteiger partial charge on any atom is -0.00178 e. The number of nitrogens with one attached hydrogen (secondary N) is 1. The monoisotopic (exact) mass is 215 g/mol. The van der Waals surface area contributed by atoms with E-state index in [-0.39, 0.29) is 0 Å². The molecule has 2 aliphatic rings. The second kappa shape index (κ2) is 4.21. The molecule has 1 aromatic rings. The molecule has 1 aliphatic carbocycles. The Balaban J connectivity index is 1.87. The summed E-state index contributed by atoms with van der Waals surface area (Å²) >= 11 is 0. The maximum atomic E-state index is 3.49. The smallest absolute Gasteiger partial charge is 0.00178 e. The molecule has 1 aliphatic heterocycles. The van der Waals surface area contributed by atoms with Crippen LogP contribution in [0.1, 0.15) is 37.7 Å². The number of benzene rings is 1. The molecule has 1 saturated carbocycles. The van der Waals surface area contributed by atoms with Crippen molar-refractivity contribution >= 4 is 0 Å². The first-order chi connectivity index (χ1) is 7.92. The molecule has 3 rings (SSSR count). The number of hydrogen-bond acceptors (Lipinski definition) is 1. The van der Waals surface area contributed by atoms with Crippen LogP contribution in [0.3, 0.4) is 0 Å². The van der Waals surface area contributed by atoms with Crippen molar-refractivity contribution in [1.82, 2.24) is 5.32 Å². The summed E-state index contributed by atoms with van der Waals surface area (Å²) in [4.78, 5) is 0. The van der Waals surface area contributed by atoms with Crippen LogP contribution in [0, 0.1) is 5.92 Å².